The number of Topliss-reactive ketones (excluding diaryl/α,β-unsaturated/α-hetero) is 1. The molecule has 0 spiro atoms. The molecule has 0 saturated heterocycles. The Morgan fingerprint density at radius 1 is 1.00 bits per heavy atom. The Labute approximate surface area is 143 Å². The van der Waals surface area contributed by atoms with Gasteiger partial charge in [0.25, 0.3) is 0 Å². The minimum absolute atomic E-state index is 0.0374. The molecule has 0 radical (unpaired) electrons. The van der Waals surface area contributed by atoms with Crippen LogP contribution in [0.4, 0.5) is 0 Å². The summed E-state index contributed by atoms with van der Waals surface area (Å²) in [6.45, 7) is 1.69. The first kappa shape index (κ1) is 18.9. The van der Waals surface area contributed by atoms with Crippen LogP contribution in [-0.4, -0.2) is 52.7 Å². The maximum absolute atomic E-state index is 13.1. The summed E-state index contributed by atoms with van der Waals surface area (Å²) in [4.78, 5) is 13.1. The first-order valence-corrected chi connectivity index (χ1v) is 11.7. The van der Waals surface area contributed by atoms with Crippen molar-refractivity contribution in [1.29, 1.82) is 0 Å². The number of carbonyl (C=O) groups excluding carboxylic acids is 1. The third-order valence-corrected chi connectivity index (χ3v) is 6.40. The van der Waals surface area contributed by atoms with E-state index in [2.05, 4.69) is 0 Å². The van der Waals surface area contributed by atoms with Crippen LogP contribution in [0, 0.1) is 5.41 Å². The Morgan fingerprint density at radius 3 is 2.00 bits per heavy atom. The van der Waals surface area contributed by atoms with E-state index in [0.29, 0.717) is 11.3 Å². The summed E-state index contributed by atoms with van der Waals surface area (Å²) in [5, 5.41) is 0. The Kier molecular flexibility index (Phi) is 5.11. The minimum Gasteiger partial charge on any atom is -0.489 e. The predicted octanol–water partition coefficient (Wildman–Crippen LogP) is 1.51. The number of fused-ring (bicyclic) bond motifs is 1. The standard InChI is InChI=1S/C16H22O6S2/c1-12-16(8-10-23(2,18)19,9-11-24(3,20)21)15(17)13-6-4-5-7-14(13)22-12/h4-7,12H,8-11H2,1-3H3. The highest BCUT2D eigenvalue weighted by Gasteiger charge is 2.49. The van der Waals surface area contributed by atoms with Crippen LogP contribution in [0.3, 0.4) is 0 Å². The van der Waals surface area contributed by atoms with Crippen molar-refractivity contribution in [3.63, 3.8) is 0 Å². The van der Waals surface area contributed by atoms with E-state index in [1.54, 1.807) is 31.2 Å². The van der Waals surface area contributed by atoms with Crippen LogP contribution in [0.1, 0.15) is 30.1 Å². The highest BCUT2D eigenvalue weighted by atomic mass is 32.2. The third-order valence-electron chi connectivity index (χ3n) is 4.50. The highest BCUT2D eigenvalue weighted by Crippen LogP contribution is 2.44. The summed E-state index contributed by atoms with van der Waals surface area (Å²) in [5.41, 5.74) is -0.793. The van der Waals surface area contributed by atoms with E-state index in [9.17, 15) is 21.6 Å². The van der Waals surface area contributed by atoms with E-state index in [0.717, 1.165) is 12.5 Å². The fraction of sp³-hybridized carbons (Fsp3) is 0.562. The maximum atomic E-state index is 13.1. The molecule has 0 fully saturated rings. The second-order valence-electron chi connectivity index (χ2n) is 6.50. The molecule has 2 rings (SSSR count). The normalized spacial score (nSPS) is 20.3. The van der Waals surface area contributed by atoms with Gasteiger partial charge in [-0.1, -0.05) is 12.1 Å². The number of carbonyl (C=O) groups is 1. The molecular weight excluding hydrogens is 352 g/mol. The Balaban J connectivity index is 2.46. The maximum Gasteiger partial charge on any atom is 0.176 e. The van der Waals surface area contributed by atoms with Gasteiger partial charge in [-0.3, -0.25) is 4.79 Å². The molecule has 0 aromatic heterocycles. The molecule has 134 valence electrons. The van der Waals surface area contributed by atoms with Crippen LogP contribution in [0.25, 0.3) is 0 Å². The zero-order valence-corrected chi connectivity index (χ0v) is 15.6. The van der Waals surface area contributed by atoms with E-state index in [1.165, 1.54) is 0 Å². The number of hydrogen-bond acceptors (Lipinski definition) is 6. The van der Waals surface area contributed by atoms with Crippen LogP contribution < -0.4 is 4.74 Å². The van der Waals surface area contributed by atoms with E-state index in [-0.39, 0.29) is 30.1 Å². The van der Waals surface area contributed by atoms with Crippen LogP contribution >= 0.6 is 0 Å². The van der Waals surface area contributed by atoms with Crippen molar-refractivity contribution in [2.45, 2.75) is 25.9 Å². The largest absolute Gasteiger partial charge is 0.489 e. The molecule has 8 heteroatoms. The summed E-state index contributed by atoms with van der Waals surface area (Å²) < 4.78 is 52.3. The Morgan fingerprint density at radius 2 is 1.50 bits per heavy atom. The quantitative estimate of drug-likeness (QED) is 0.749. The summed E-state index contributed by atoms with van der Waals surface area (Å²) in [5.74, 6) is -0.190. The highest BCUT2D eigenvalue weighted by molar-refractivity contribution is 7.90. The molecule has 0 amide bonds. The van der Waals surface area contributed by atoms with Crippen molar-refractivity contribution in [2.75, 3.05) is 24.0 Å². The van der Waals surface area contributed by atoms with Gasteiger partial charge in [-0.05, 0) is 31.9 Å². The second kappa shape index (κ2) is 6.48. The summed E-state index contributed by atoms with van der Waals surface area (Å²) in [6, 6.07) is 6.76. The number of rotatable bonds is 6. The van der Waals surface area contributed by atoms with Gasteiger partial charge in [0.1, 0.15) is 31.5 Å². The molecule has 0 aliphatic carbocycles. The van der Waals surface area contributed by atoms with E-state index in [4.69, 9.17) is 4.74 Å². The van der Waals surface area contributed by atoms with Crippen molar-refractivity contribution in [3.05, 3.63) is 29.8 Å². The minimum atomic E-state index is -3.30. The van der Waals surface area contributed by atoms with Crippen molar-refractivity contribution < 1.29 is 26.4 Å². The number of benzene rings is 1. The molecule has 6 nitrogen and oxygen atoms in total. The van der Waals surface area contributed by atoms with Gasteiger partial charge in [-0.25, -0.2) is 16.8 Å². The SMILES string of the molecule is CC1Oc2ccccc2C(=O)C1(CCS(C)(=O)=O)CCS(C)(=O)=O. The molecule has 1 unspecified atom stereocenters. The van der Waals surface area contributed by atoms with Gasteiger partial charge in [-0.2, -0.15) is 0 Å². The van der Waals surface area contributed by atoms with Gasteiger partial charge < -0.3 is 4.74 Å². The van der Waals surface area contributed by atoms with Crippen LogP contribution in [0.2, 0.25) is 0 Å². The molecule has 0 saturated carbocycles. The van der Waals surface area contributed by atoms with Crippen molar-refractivity contribution in [2.24, 2.45) is 5.41 Å². The average molecular weight is 374 g/mol. The predicted molar refractivity (Wildman–Crippen MR) is 92.0 cm³/mol. The molecule has 1 aromatic carbocycles. The van der Waals surface area contributed by atoms with Gasteiger partial charge in [0, 0.05) is 12.5 Å². The van der Waals surface area contributed by atoms with E-state index < -0.39 is 31.2 Å². The van der Waals surface area contributed by atoms with E-state index in [1.807, 2.05) is 0 Å². The molecule has 1 aliphatic heterocycles. The molecule has 1 atom stereocenters. The van der Waals surface area contributed by atoms with Crippen LogP contribution in [0.5, 0.6) is 5.75 Å². The monoisotopic (exact) mass is 374 g/mol. The Bertz CT molecular complexity index is 803. The summed E-state index contributed by atoms with van der Waals surface area (Å²) in [6.07, 6.45) is 1.67. The zero-order valence-electron chi connectivity index (χ0n) is 14.0. The molecule has 0 N–H and O–H groups in total. The lowest BCUT2D eigenvalue weighted by Crippen LogP contribution is -2.49. The molecule has 1 aromatic rings. The number of sulfone groups is 2. The lowest BCUT2D eigenvalue weighted by Gasteiger charge is -2.41. The van der Waals surface area contributed by atoms with Gasteiger partial charge in [0.2, 0.25) is 0 Å². The Hall–Kier alpha value is -1.41. The summed E-state index contributed by atoms with van der Waals surface area (Å²) >= 11 is 0. The number of ether oxygens (including phenoxy) is 1. The molecular formula is C16H22O6S2. The molecule has 0 bridgehead atoms. The van der Waals surface area contributed by atoms with Crippen LogP contribution in [-0.2, 0) is 19.7 Å². The van der Waals surface area contributed by atoms with Gasteiger partial charge in [-0.15, -0.1) is 0 Å². The fourth-order valence-corrected chi connectivity index (χ4v) is 4.48. The van der Waals surface area contributed by atoms with Crippen molar-refractivity contribution >= 4 is 25.5 Å². The number of para-hydroxylation sites is 1. The van der Waals surface area contributed by atoms with Crippen molar-refractivity contribution in [1.82, 2.24) is 0 Å². The first-order chi connectivity index (χ1) is 10.9. The van der Waals surface area contributed by atoms with Gasteiger partial charge >= 0.3 is 0 Å². The van der Waals surface area contributed by atoms with Crippen molar-refractivity contribution in [3.8, 4) is 5.75 Å². The van der Waals surface area contributed by atoms with Crippen LogP contribution in [0.15, 0.2) is 24.3 Å². The lowest BCUT2D eigenvalue weighted by atomic mass is 9.70. The summed E-state index contributed by atoms with van der Waals surface area (Å²) in [7, 11) is -6.59. The smallest absolute Gasteiger partial charge is 0.176 e. The number of ketones is 1. The second-order valence-corrected chi connectivity index (χ2v) is 11.0. The average Bonchev–Trinajstić information content (AvgIpc) is 2.45. The zero-order chi connectivity index (χ0) is 18.2. The lowest BCUT2D eigenvalue weighted by molar-refractivity contribution is 0.0295. The van der Waals surface area contributed by atoms with E-state index >= 15 is 0 Å². The van der Waals surface area contributed by atoms with Gasteiger partial charge in [0.05, 0.1) is 22.5 Å². The van der Waals surface area contributed by atoms with Gasteiger partial charge in [0.15, 0.2) is 5.78 Å². The third kappa shape index (κ3) is 4.16. The fourth-order valence-electron chi connectivity index (χ4n) is 3.01. The topological polar surface area (TPSA) is 94.6 Å². The molecule has 1 heterocycles. The molecule has 1 aliphatic rings. The number of hydrogen-bond donors (Lipinski definition) is 0. The first-order valence-electron chi connectivity index (χ1n) is 7.60. The molecule has 24 heavy (non-hydrogen) atoms.